The Labute approximate surface area is 194 Å². The van der Waals surface area contributed by atoms with Gasteiger partial charge in [0.15, 0.2) is 11.5 Å². The summed E-state index contributed by atoms with van der Waals surface area (Å²) in [6, 6.07) is 3.11. The lowest BCUT2D eigenvalue weighted by Crippen LogP contribution is -2.41. The van der Waals surface area contributed by atoms with Gasteiger partial charge in [0.2, 0.25) is 0 Å². The Balaban J connectivity index is 3.30. The summed E-state index contributed by atoms with van der Waals surface area (Å²) in [5.41, 5.74) is 6.44. The SMILES string of the molecule is CCC(=O)Oc1ccc(C(C(C)COC(=O)C(C)C(C)C)[C@H](N)C(=O)O)cc1OC(=O)CC. The van der Waals surface area contributed by atoms with Crippen molar-refractivity contribution in [2.45, 2.75) is 66.3 Å². The Bertz CT molecular complexity index is 851. The first-order chi connectivity index (χ1) is 15.4. The van der Waals surface area contributed by atoms with Crippen molar-refractivity contribution >= 4 is 23.9 Å². The van der Waals surface area contributed by atoms with Gasteiger partial charge in [0.1, 0.15) is 6.04 Å². The molecule has 0 aliphatic carbocycles. The third kappa shape index (κ3) is 8.16. The molecule has 3 N–H and O–H groups in total. The second-order valence-corrected chi connectivity index (χ2v) is 8.39. The molecule has 1 aromatic carbocycles. The predicted octanol–water partition coefficient (Wildman–Crippen LogP) is 3.28. The van der Waals surface area contributed by atoms with E-state index in [0.717, 1.165) is 0 Å². The topological polar surface area (TPSA) is 142 Å². The van der Waals surface area contributed by atoms with E-state index in [0.29, 0.717) is 5.56 Å². The lowest BCUT2D eigenvalue weighted by Gasteiger charge is -2.28. The number of carbonyl (C=O) groups is 4. The van der Waals surface area contributed by atoms with Crippen LogP contribution >= 0.6 is 0 Å². The van der Waals surface area contributed by atoms with Gasteiger partial charge in [0.25, 0.3) is 0 Å². The summed E-state index contributed by atoms with van der Waals surface area (Å²) in [6.07, 6.45) is 0.205. The van der Waals surface area contributed by atoms with Gasteiger partial charge in [0, 0.05) is 18.8 Å². The van der Waals surface area contributed by atoms with Gasteiger partial charge in [-0.3, -0.25) is 19.2 Å². The molecule has 0 spiro atoms. The standard InChI is InChI=1S/C24H35NO8/c1-7-19(26)32-17-10-9-16(11-18(17)33-20(27)8-2)21(22(25)23(28)29)14(5)12-31-24(30)15(6)13(3)4/h9-11,13-15,21-22H,7-8,12,25H2,1-6H3,(H,28,29)/t14?,15?,21?,22-/m0/s1. The van der Waals surface area contributed by atoms with Gasteiger partial charge in [-0.1, -0.05) is 47.6 Å². The van der Waals surface area contributed by atoms with Gasteiger partial charge in [0.05, 0.1) is 12.5 Å². The van der Waals surface area contributed by atoms with Crippen LogP contribution in [0.5, 0.6) is 11.5 Å². The Kier molecular flexibility index (Phi) is 11.0. The molecule has 0 heterocycles. The largest absolute Gasteiger partial charge is 0.480 e. The molecule has 9 nitrogen and oxygen atoms in total. The van der Waals surface area contributed by atoms with Crippen LogP contribution in [0.25, 0.3) is 0 Å². The van der Waals surface area contributed by atoms with Gasteiger partial charge < -0.3 is 25.1 Å². The maximum atomic E-state index is 12.3. The average Bonchev–Trinajstić information content (AvgIpc) is 2.77. The number of esters is 3. The van der Waals surface area contributed by atoms with E-state index in [1.54, 1.807) is 33.8 Å². The number of carboxylic acid groups (broad SMARTS) is 1. The summed E-state index contributed by atoms with van der Waals surface area (Å²) < 4.78 is 16.0. The zero-order valence-electron chi connectivity index (χ0n) is 20.1. The van der Waals surface area contributed by atoms with Gasteiger partial charge in [-0.2, -0.15) is 0 Å². The number of nitrogens with two attached hydrogens (primary N) is 1. The van der Waals surface area contributed by atoms with Crippen LogP contribution in [0.1, 0.15) is 65.9 Å². The normalized spacial score (nSPS) is 14.7. The van der Waals surface area contributed by atoms with Gasteiger partial charge in [-0.25, -0.2) is 0 Å². The second-order valence-electron chi connectivity index (χ2n) is 8.39. The van der Waals surface area contributed by atoms with E-state index in [4.69, 9.17) is 19.9 Å². The van der Waals surface area contributed by atoms with Crippen molar-refractivity contribution < 1.29 is 38.5 Å². The monoisotopic (exact) mass is 465 g/mol. The maximum Gasteiger partial charge on any atom is 0.321 e. The second kappa shape index (κ2) is 12.9. The van der Waals surface area contributed by atoms with Crippen LogP contribution in [0, 0.1) is 17.8 Å². The molecule has 3 unspecified atom stereocenters. The molecule has 0 amide bonds. The molecular weight excluding hydrogens is 430 g/mol. The fraction of sp³-hybridized carbons (Fsp3) is 0.583. The van der Waals surface area contributed by atoms with Crippen LogP contribution in [0.2, 0.25) is 0 Å². The number of ether oxygens (including phenoxy) is 3. The minimum atomic E-state index is -1.32. The van der Waals surface area contributed by atoms with Crippen LogP contribution in [0.3, 0.4) is 0 Å². The summed E-state index contributed by atoms with van der Waals surface area (Å²) in [7, 11) is 0. The molecule has 0 radical (unpaired) electrons. The minimum absolute atomic E-state index is 0.0126. The number of carboxylic acids is 1. The zero-order valence-corrected chi connectivity index (χ0v) is 20.1. The molecule has 0 saturated carbocycles. The molecule has 9 heteroatoms. The Morgan fingerprint density at radius 3 is 1.97 bits per heavy atom. The van der Waals surface area contributed by atoms with Crippen LogP contribution in [0.4, 0.5) is 0 Å². The van der Waals surface area contributed by atoms with Crippen molar-refractivity contribution in [2.75, 3.05) is 6.61 Å². The first-order valence-corrected chi connectivity index (χ1v) is 11.1. The van der Waals surface area contributed by atoms with Crippen LogP contribution in [-0.4, -0.2) is 41.6 Å². The maximum absolute atomic E-state index is 12.3. The van der Waals surface area contributed by atoms with Crippen LogP contribution in [-0.2, 0) is 23.9 Å². The molecular formula is C24H35NO8. The number of hydrogen-bond donors (Lipinski definition) is 2. The molecule has 0 fully saturated rings. The van der Waals surface area contributed by atoms with Crippen LogP contribution in [0.15, 0.2) is 18.2 Å². The molecule has 33 heavy (non-hydrogen) atoms. The summed E-state index contributed by atoms with van der Waals surface area (Å²) in [4.78, 5) is 47.6. The van der Waals surface area contributed by atoms with E-state index in [1.807, 2.05) is 13.8 Å². The van der Waals surface area contributed by atoms with E-state index in [-0.39, 0.29) is 48.8 Å². The molecule has 1 rings (SSSR count). The first-order valence-electron chi connectivity index (χ1n) is 11.1. The molecule has 0 aliphatic heterocycles. The van der Waals surface area contributed by atoms with Crippen molar-refractivity contribution in [2.24, 2.45) is 23.5 Å². The molecule has 0 aliphatic rings. The number of carbonyl (C=O) groups excluding carboxylic acids is 3. The number of benzene rings is 1. The van der Waals surface area contributed by atoms with Gasteiger partial charge in [-0.15, -0.1) is 0 Å². The molecule has 0 saturated heterocycles. The highest BCUT2D eigenvalue weighted by Gasteiger charge is 2.33. The van der Waals surface area contributed by atoms with Crippen molar-refractivity contribution in [1.82, 2.24) is 0 Å². The molecule has 1 aromatic rings. The lowest BCUT2D eigenvalue weighted by molar-refractivity contribution is -0.151. The fourth-order valence-electron chi connectivity index (χ4n) is 3.05. The Morgan fingerprint density at radius 2 is 1.48 bits per heavy atom. The third-order valence-corrected chi connectivity index (χ3v) is 5.52. The Hall–Kier alpha value is -2.94. The number of rotatable bonds is 12. The average molecular weight is 466 g/mol. The summed E-state index contributed by atoms with van der Waals surface area (Å²) in [5, 5.41) is 9.57. The number of aliphatic carboxylic acids is 1. The summed E-state index contributed by atoms with van der Waals surface area (Å²) >= 11 is 0. The van der Waals surface area contributed by atoms with E-state index in [9.17, 15) is 24.3 Å². The molecule has 0 aromatic heterocycles. The van der Waals surface area contributed by atoms with Gasteiger partial charge >= 0.3 is 23.9 Å². The smallest absolute Gasteiger partial charge is 0.321 e. The van der Waals surface area contributed by atoms with Crippen molar-refractivity contribution in [3.8, 4) is 11.5 Å². The highest BCUT2D eigenvalue weighted by atomic mass is 16.6. The quantitative estimate of drug-likeness (QED) is 0.351. The highest BCUT2D eigenvalue weighted by Crippen LogP contribution is 2.36. The minimum Gasteiger partial charge on any atom is -0.480 e. The molecule has 4 atom stereocenters. The van der Waals surface area contributed by atoms with Crippen molar-refractivity contribution in [3.63, 3.8) is 0 Å². The van der Waals surface area contributed by atoms with E-state index < -0.39 is 35.8 Å². The molecule has 0 bridgehead atoms. The summed E-state index contributed by atoms with van der Waals surface area (Å²) in [5.74, 6) is -4.12. The fourth-order valence-corrected chi connectivity index (χ4v) is 3.05. The molecule has 184 valence electrons. The number of hydrogen-bond acceptors (Lipinski definition) is 8. The van der Waals surface area contributed by atoms with Crippen molar-refractivity contribution in [3.05, 3.63) is 23.8 Å². The highest BCUT2D eigenvalue weighted by molar-refractivity contribution is 5.77. The van der Waals surface area contributed by atoms with E-state index in [2.05, 4.69) is 0 Å². The zero-order chi connectivity index (χ0) is 25.3. The lowest BCUT2D eigenvalue weighted by atomic mass is 9.82. The summed E-state index contributed by atoms with van der Waals surface area (Å²) in [6.45, 7) is 10.5. The van der Waals surface area contributed by atoms with E-state index in [1.165, 1.54) is 12.1 Å². The van der Waals surface area contributed by atoms with Gasteiger partial charge in [-0.05, 0) is 29.5 Å². The van der Waals surface area contributed by atoms with E-state index >= 15 is 0 Å². The first kappa shape index (κ1) is 28.1. The predicted molar refractivity (Wildman–Crippen MR) is 121 cm³/mol. The van der Waals surface area contributed by atoms with Crippen LogP contribution < -0.4 is 15.2 Å². The Morgan fingerprint density at radius 1 is 0.939 bits per heavy atom. The third-order valence-electron chi connectivity index (χ3n) is 5.52. The van der Waals surface area contributed by atoms with Crippen molar-refractivity contribution in [1.29, 1.82) is 0 Å².